The van der Waals surface area contributed by atoms with E-state index in [-0.39, 0.29) is 5.78 Å². The Bertz CT molecular complexity index is 926. The highest BCUT2D eigenvalue weighted by Crippen LogP contribution is 2.29. The number of nitrogens with zero attached hydrogens (tertiary/aromatic N) is 3. The Morgan fingerprint density at radius 3 is 2.48 bits per heavy atom. The molecule has 0 amide bonds. The molecule has 114 valence electrons. The Balaban J connectivity index is 1.69. The largest absolute Gasteiger partial charge is 0.320 e. The lowest BCUT2D eigenvalue weighted by atomic mass is 9.96. The van der Waals surface area contributed by atoms with Crippen LogP contribution in [-0.4, -0.2) is 20.1 Å². The maximum Gasteiger partial charge on any atom is 0.183 e. The molecule has 2 aromatic heterocycles. The van der Waals surface area contributed by atoms with Crippen molar-refractivity contribution in [1.82, 2.24) is 14.3 Å². The van der Waals surface area contributed by atoms with Crippen molar-refractivity contribution in [3.8, 4) is 11.1 Å². The molecule has 4 nitrogen and oxygen atoms in total. The summed E-state index contributed by atoms with van der Waals surface area (Å²) in [6, 6.07) is 10.2. The first-order valence-electron chi connectivity index (χ1n) is 7.62. The van der Waals surface area contributed by atoms with Gasteiger partial charge in [-0.3, -0.25) is 9.48 Å². The van der Waals surface area contributed by atoms with Crippen molar-refractivity contribution in [2.45, 2.75) is 13.3 Å². The lowest BCUT2D eigenvalue weighted by Crippen LogP contribution is -2.11. The number of aryl methyl sites for hydroxylation is 2. The molecule has 4 heteroatoms. The van der Waals surface area contributed by atoms with Crippen molar-refractivity contribution in [1.29, 1.82) is 0 Å². The third-order valence-corrected chi connectivity index (χ3v) is 4.21. The Kier molecular flexibility index (Phi) is 3.05. The van der Waals surface area contributed by atoms with Gasteiger partial charge < -0.3 is 4.57 Å². The van der Waals surface area contributed by atoms with Crippen LogP contribution in [0.3, 0.4) is 0 Å². The highest BCUT2D eigenvalue weighted by molar-refractivity contribution is 6.06. The van der Waals surface area contributed by atoms with E-state index in [0.29, 0.717) is 6.42 Å². The zero-order valence-corrected chi connectivity index (χ0v) is 13.2. The minimum atomic E-state index is 0.173. The van der Waals surface area contributed by atoms with E-state index in [0.717, 1.165) is 33.5 Å². The van der Waals surface area contributed by atoms with Crippen LogP contribution in [0.15, 0.2) is 48.9 Å². The van der Waals surface area contributed by atoms with Crippen molar-refractivity contribution in [3.63, 3.8) is 0 Å². The molecule has 0 atom stereocenters. The fraction of sp³-hybridized carbons (Fsp3) is 0.158. The van der Waals surface area contributed by atoms with Crippen LogP contribution >= 0.6 is 0 Å². The number of hydrogen-bond donors (Lipinski definition) is 0. The van der Waals surface area contributed by atoms with E-state index in [9.17, 15) is 4.79 Å². The van der Waals surface area contributed by atoms with Crippen LogP contribution in [0.5, 0.6) is 0 Å². The molecule has 4 rings (SSSR count). The van der Waals surface area contributed by atoms with Gasteiger partial charge in [0.05, 0.1) is 11.9 Å². The molecule has 0 bridgehead atoms. The molecule has 0 saturated heterocycles. The van der Waals surface area contributed by atoms with Crippen LogP contribution in [0, 0.1) is 6.92 Å². The van der Waals surface area contributed by atoms with Crippen molar-refractivity contribution >= 4 is 17.6 Å². The van der Waals surface area contributed by atoms with E-state index in [1.54, 1.807) is 4.68 Å². The molecule has 0 aliphatic carbocycles. The zero-order chi connectivity index (χ0) is 16.0. The van der Waals surface area contributed by atoms with Crippen molar-refractivity contribution in [2.75, 3.05) is 0 Å². The first kappa shape index (κ1) is 13.8. The second-order valence-electron chi connectivity index (χ2n) is 6.04. The van der Waals surface area contributed by atoms with Crippen LogP contribution in [-0.2, 0) is 7.05 Å². The Morgan fingerprint density at radius 2 is 1.78 bits per heavy atom. The van der Waals surface area contributed by atoms with Gasteiger partial charge in [-0.1, -0.05) is 24.3 Å². The Labute approximate surface area is 134 Å². The summed E-state index contributed by atoms with van der Waals surface area (Å²) in [5.41, 5.74) is 6.24. The molecule has 0 radical (unpaired) electrons. The van der Waals surface area contributed by atoms with Crippen LogP contribution in [0.25, 0.3) is 22.9 Å². The lowest BCUT2D eigenvalue weighted by Gasteiger charge is -2.15. The second-order valence-corrected chi connectivity index (χ2v) is 6.04. The van der Waals surface area contributed by atoms with Gasteiger partial charge in [0, 0.05) is 37.6 Å². The summed E-state index contributed by atoms with van der Waals surface area (Å²) >= 11 is 0. The number of ketones is 1. The molecule has 3 aromatic rings. The minimum Gasteiger partial charge on any atom is -0.320 e. The Hall–Kier alpha value is -2.88. The maximum atomic E-state index is 12.3. The van der Waals surface area contributed by atoms with E-state index in [2.05, 4.69) is 35.6 Å². The van der Waals surface area contributed by atoms with Gasteiger partial charge in [-0.2, -0.15) is 5.10 Å². The van der Waals surface area contributed by atoms with E-state index < -0.39 is 0 Å². The number of benzene rings is 1. The fourth-order valence-electron chi connectivity index (χ4n) is 3.05. The highest BCUT2D eigenvalue weighted by Gasteiger charge is 2.19. The van der Waals surface area contributed by atoms with Crippen LogP contribution < -0.4 is 0 Å². The van der Waals surface area contributed by atoms with Crippen LogP contribution in [0.4, 0.5) is 0 Å². The third-order valence-electron chi connectivity index (χ3n) is 4.21. The van der Waals surface area contributed by atoms with Gasteiger partial charge in [0.2, 0.25) is 0 Å². The lowest BCUT2D eigenvalue weighted by molar-refractivity contribution is 0.0990. The normalized spacial score (nSPS) is 13.8. The Morgan fingerprint density at radius 1 is 1.04 bits per heavy atom. The summed E-state index contributed by atoms with van der Waals surface area (Å²) < 4.78 is 3.73. The van der Waals surface area contributed by atoms with Gasteiger partial charge >= 0.3 is 0 Å². The summed E-state index contributed by atoms with van der Waals surface area (Å²) in [5, 5.41) is 4.20. The van der Waals surface area contributed by atoms with Gasteiger partial charge in [0.15, 0.2) is 5.78 Å². The summed E-state index contributed by atoms with van der Waals surface area (Å²) in [5.74, 6) is 0.173. The third kappa shape index (κ3) is 2.42. The predicted molar refractivity (Wildman–Crippen MR) is 90.9 cm³/mol. The first-order valence-corrected chi connectivity index (χ1v) is 7.62. The summed E-state index contributed by atoms with van der Waals surface area (Å²) in [7, 11) is 1.91. The molecular weight excluding hydrogens is 286 g/mol. The van der Waals surface area contributed by atoms with E-state index in [1.807, 2.05) is 43.2 Å². The number of rotatable bonds is 2. The molecule has 0 N–H and O–H groups in total. The second kappa shape index (κ2) is 5.09. The van der Waals surface area contributed by atoms with Gasteiger partial charge in [-0.15, -0.1) is 0 Å². The molecule has 1 aliphatic heterocycles. The number of Topliss-reactive ketones (excluding diaryl/α,β-unsaturated/α-hetero) is 1. The van der Waals surface area contributed by atoms with E-state index in [1.165, 1.54) is 0 Å². The maximum absolute atomic E-state index is 12.3. The highest BCUT2D eigenvalue weighted by atomic mass is 16.1. The summed E-state index contributed by atoms with van der Waals surface area (Å²) in [4.78, 5) is 12.3. The molecule has 0 saturated carbocycles. The molecule has 0 unspecified atom stereocenters. The number of fused-ring (bicyclic) bond motifs is 1. The van der Waals surface area contributed by atoms with Gasteiger partial charge in [-0.05, 0) is 35.3 Å². The molecule has 23 heavy (non-hydrogen) atoms. The summed E-state index contributed by atoms with van der Waals surface area (Å²) in [6.45, 7) is 2.01. The van der Waals surface area contributed by atoms with Crippen LogP contribution in [0.2, 0.25) is 0 Å². The van der Waals surface area contributed by atoms with Gasteiger partial charge in [0.25, 0.3) is 0 Å². The predicted octanol–water partition coefficient (Wildman–Crippen LogP) is 3.78. The first-order chi connectivity index (χ1) is 11.1. The fourth-order valence-corrected chi connectivity index (χ4v) is 3.05. The van der Waals surface area contributed by atoms with Crippen LogP contribution in [0.1, 0.15) is 28.0 Å². The number of carbonyl (C=O) groups is 1. The molecule has 0 fully saturated rings. The van der Waals surface area contributed by atoms with Crippen molar-refractivity contribution in [3.05, 3.63) is 65.7 Å². The standard InChI is InChI=1S/C19H17N3O/c1-13-7-18-19(23)8-16(12-22(18)10-13)14-3-5-15(6-4-14)17-9-20-21(2)11-17/h3-7,9-12H,8H2,1-2H3. The van der Waals surface area contributed by atoms with Gasteiger partial charge in [-0.25, -0.2) is 0 Å². The average molecular weight is 303 g/mol. The topological polar surface area (TPSA) is 39.8 Å². The minimum absolute atomic E-state index is 0.173. The van der Waals surface area contributed by atoms with Gasteiger partial charge in [0.1, 0.15) is 0 Å². The number of hydrogen-bond acceptors (Lipinski definition) is 2. The van der Waals surface area contributed by atoms with Crippen molar-refractivity contribution in [2.24, 2.45) is 7.05 Å². The number of carbonyl (C=O) groups excluding carboxylic acids is 1. The number of allylic oxidation sites excluding steroid dienone is 1. The van der Waals surface area contributed by atoms with E-state index >= 15 is 0 Å². The van der Waals surface area contributed by atoms with Crippen molar-refractivity contribution < 1.29 is 4.79 Å². The monoisotopic (exact) mass is 303 g/mol. The molecular formula is C19H17N3O. The zero-order valence-electron chi connectivity index (χ0n) is 13.2. The average Bonchev–Trinajstić information content (AvgIpc) is 3.13. The molecule has 1 aliphatic rings. The summed E-state index contributed by atoms with van der Waals surface area (Å²) in [6.07, 6.45) is 8.36. The molecule has 3 heterocycles. The number of aromatic nitrogens is 3. The smallest absolute Gasteiger partial charge is 0.183 e. The molecule has 1 aromatic carbocycles. The van der Waals surface area contributed by atoms with E-state index in [4.69, 9.17) is 0 Å². The molecule has 0 spiro atoms. The quantitative estimate of drug-likeness (QED) is 0.723. The SMILES string of the molecule is Cc1cc2n(c1)C=C(c1ccc(-c3cnn(C)c3)cc1)CC2=O.